The Morgan fingerprint density at radius 2 is 1.63 bits per heavy atom. The number of rotatable bonds is 6. The molecule has 46 heavy (non-hydrogen) atoms. The van der Waals surface area contributed by atoms with Gasteiger partial charge in [0.1, 0.15) is 18.1 Å². The molecular formula is C34H27ClFN3O5S2. The summed E-state index contributed by atoms with van der Waals surface area (Å²) in [6.45, 7) is -0.205. The van der Waals surface area contributed by atoms with Crippen LogP contribution in [0.3, 0.4) is 0 Å². The molecule has 2 bridgehead atoms. The molecule has 2 saturated carbocycles. The summed E-state index contributed by atoms with van der Waals surface area (Å²) in [5.74, 6) is -1.64. The average Bonchev–Trinajstić information content (AvgIpc) is 3.77. The second-order valence-electron chi connectivity index (χ2n) is 12.2. The van der Waals surface area contributed by atoms with Crippen molar-refractivity contribution in [3.05, 3.63) is 104 Å². The third kappa shape index (κ3) is 4.54. The van der Waals surface area contributed by atoms with Gasteiger partial charge in [-0.1, -0.05) is 35.1 Å². The fourth-order valence-corrected chi connectivity index (χ4v) is 11.4. The molecule has 234 valence electrons. The van der Waals surface area contributed by atoms with Gasteiger partial charge in [0.25, 0.3) is 0 Å². The molecule has 0 radical (unpaired) electrons. The highest BCUT2D eigenvalue weighted by Gasteiger charge is 2.69. The lowest BCUT2D eigenvalue weighted by molar-refractivity contribution is -0.123. The predicted molar refractivity (Wildman–Crippen MR) is 174 cm³/mol. The number of fused-ring (bicyclic) bond motifs is 9. The topological polar surface area (TPSA) is 97.7 Å². The molecule has 2 aliphatic carbocycles. The van der Waals surface area contributed by atoms with E-state index in [0.29, 0.717) is 22.1 Å². The summed E-state index contributed by atoms with van der Waals surface area (Å²) in [4.78, 5) is 56.5. The molecule has 3 amide bonds. The molecule has 0 spiro atoms. The van der Waals surface area contributed by atoms with Crippen LogP contribution in [0.2, 0.25) is 5.02 Å². The summed E-state index contributed by atoms with van der Waals surface area (Å²) in [5, 5.41) is 3.97. The van der Waals surface area contributed by atoms with E-state index in [1.807, 2.05) is 24.3 Å². The number of thioether (sulfide) groups is 1. The van der Waals surface area contributed by atoms with Crippen molar-refractivity contribution < 1.29 is 23.5 Å². The van der Waals surface area contributed by atoms with E-state index < -0.39 is 23.6 Å². The first-order chi connectivity index (χ1) is 22.2. The Morgan fingerprint density at radius 1 is 0.957 bits per heavy atom. The molecule has 3 aromatic carbocycles. The molecule has 7 unspecified atom stereocenters. The van der Waals surface area contributed by atoms with E-state index in [1.165, 1.54) is 33.7 Å². The van der Waals surface area contributed by atoms with E-state index in [0.717, 1.165) is 33.2 Å². The number of imide groups is 1. The van der Waals surface area contributed by atoms with Crippen LogP contribution in [-0.2, 0) is 20.9 Å². The second kappa shape index (κ2) is 11.1. The van der Waals surface area contributed by atoms with Gasteiger partial charge in [0.2, 0.25) is 17.7 Å². The number of nitrogens with one attached hydrogen (secondary N) is 1. The Kier molecular flexibility index (Phi) is 7.11. The Morgan fingerprint density at radius 3 is 2.30 bits per heavy atom. The van der Waals surface area contributed by atoms with Crippen LogP contribution >= 0.6 is 34.7 Å². The molecule has 1 saturated heterocycles. The van der Waals surface area contributed by atoms with Crippen LogP contribution in [0.15, 0.2) is 82.6 Å². The molecule has 7 atom stereocenters. The maximum atomic E-state index is 14.0. The van der Waals surface area contributed by atoms with Crippen LogP contribution in [0.4, 0.5) is 15.8 Å². The number of halogens is 2. The van der Waals surface area contributed by atoms with Crippen molar-refractivity contribution in [3.63, 3.8) is 0 Å². The van der Waals surface area contributed by atoms with Crippen LogP contribution in [0.1, 0.15) is 22.8 Å². The molecule has 1 aromatic heterocycles. The first-order valence-electron chi connectivity index (χ1n) is 15.0. The van der Waals surface area contributed by atoms with E-state index in [9.17, 15) is 23.6 Å². The summed E-state index contributed by atoms with van der Waals surface area (Å²) in [6.07, 6.45) is 0.750. The van der Waals surface area contributed by atoms with Gasteiger partial charge < -0.3 is 10.1 Å². The fraction of sp³-hybridized carbons (Fsp3) is 0.294. The lowest BCUT2D eigenvalue weighted by Gasteiger charge is -2.43. The number of amides is 3. The van der Waals surface area contributed by atoms with Gasteiger partial charge in [-0.2, -0.15) is 0 Å². The van der Waals surface area contributed by atoms with Gasteiger partial charge >= 0.3 is 4.87 Å². The minimum atomic E-state index is -0.444. The van der Waals surface area contributed by atoms with Crippen LogP contribution in [0.5, 0.6) is 5.75 Å². The lowest BCUT2D eigenvalue weighted by Crippen LogP contribution is -2.43. The van der Waals surface area contributed by atoms with Crippen LogP contribution in [0, 0.1) is 35.4 Å². The zero-order chi connectivity index (χ0) is 31.9. The third-order valence-electron chi connectivity index (χ3n) is 9.94. The summed E-state index contributed by atoms with van der Waals surface area (Å²) in [6, 6.07) is 20.0. The van der Waals surface area contributed by atoms with Gasteiger partial charge in [-0.25, -0.2) is 4.39 Å². The number of hydrogen-bond donors (Lipinski definition) is 1. The summed E-state index contributed by atoms with van der Waals surface area (Å²) in [5.41, 5.74) is 1.95. The Bertz CT molecular complexity index is 1950. The maximum absolute atomic E-state index is 14.0. The van der Waals surface area contributed by atoms with Gasteiger partial charge in [-0.15, -0.1) is 11.8 Å². The number of carbonyl (C=O) groups excluding carboxylic acids is 3. The van der Waals surface area contributed by atoms with E-state index in [2.05, 4.69) is 5.32 Å². The number of benzene rings is 3. The molecule has 4 aromatic rings. The first-order valence-corrected chi connectivity index (χ1v) is 17.0. The number of methoxy groups -OCH3 is 1. The minimum absolute atomic E-state index is 0.0126. The van der Waals surface area contributed by atoms with Crippen LogP contribution in [-0.4, -0.2) is 34.6 Å². The summed E-state index contributed by atoms with van der Waals surface area (Å²) in [7, 11) is 1.61. The summed E-state index contributed by atoms with van der Waals surface area (Å²) < 4.78 is 20.3. The number of anilines is 2. The van der Waals surface area contributed by atoms with E-state index in [-0.39, 0.29) is 52.2 Å². The second-order valence-corrected chi connectivity index (χ2v) is 14.8. The standard InChI is InChI=1S/C34H27ClFN3O5S2/c1-44-21-12-2-16(3-13-21)25-26-22-14-23(28-27(22)31(41)39(32(28)42)20-10-4-17(35)5-11-20)29(26)45-33-30(25)46-34(43)38(33)15-24(40)37-19-8-6-18(36)7-9-19/h2-13,22-23,25-29H,14-15H2,1H3,(H,37,40). The highest BCUT2D eigenvalue weighted by molar-refractivity contribution is 8.00. The smallest absolute Gasteiger partial charge is 0.308 e. The number of carbonyl (C=O) groups is 3. The van der Waals surface area contributed by atoms with Crippen molar-refractivity contribution in [1.82, 2.24) is 4.57 Å². The van der Waals surface area contributed by atoms with Crippen LogP contribution < -0.4 is 19.8 Å². The summed E-state index contributed by atoms with van der Waals surface area (Å²) >= 11 is 8.79. The Labute approximate surface area is 276 Å². The number of ether oxygens (including phenoxy) is 1. The molecule has 4 aliphatic rings. The van der Waals surface area contributed by atoms with Gasteiger partial charge in [-0.3, -0.25) is 28.6 Å². The number of nitrogens with zero attached hydrogens (tertiary/aromatic N) is 2. The molecular weight excluding hydrogens is 649 g/mol. The zero-order valence-electron chi connectivity index (χ0n) is 24.4. The number of hydrogen-bond acceptors (Lipinski definition) is 7. The van der Waals surface area contributed by atoms with Crippen LogP contribution in [0.25, 0.3) is 0 Å². The quantitative estimate of drug-likeness (QED) is 0.251. The van der Waals surface area contributed by atoms with Crippen molar-refractivity contribution in [2.45, 2.75) is 29.2 Å². The number of aromatic nitrogens is 1. The lowest BCUT2D eigenvalue weighted by atomic mass is 9.68. The average molecular weight is 676 g/mol. The fourth-order valence-electron chi connectivity index (χ4n) is 8.16. The first kappa shape index (κ1) is 29.5. The molecule has 3 heterocycles. The van der Waals surface area contributed by atoms with Crippen molar-refractivity contribution in [3.8, 4) is 5.75 Å². The van der Waals surface area contributed by atoms with Gasteiger partial charge in [-0.05, 0) is 90.4 Å². The van der Waals surface area contributed by atoms with Crippen molar-refractivity contribution in [2.75, 3.05) is 17.3 Å². The zero-order valence-corrected chi connectivity index (χ0v) is 26.8. The molecule has 8 nitrogen and oxygen atoms in total. The molecule has 1 N–H and O–H groups in total. The minimum Gasteiger partial charge on any atom is -0.497 e. The van der Waals surface area contributed by atoms with E-state index >= 15 is 0 Å². The highest BCUT2D eigenvalue weighted by atomic mass is 35.5. The van der Waals surface area contributed by atoms with Gasteiger partial charge in [0.05, 0.1) is 29.7 Å². The molecule has 12 heteroatoms. The monoisotopic (exact) mass is 675 g/mol. The Balaban J connectivity index is 1.17. The van der Waals surface area contributed by atoms with Crippen molar-refractivity contribution in [2.24, 2.45) is 29.6 Å². The molecule has 8 rings (SSSR count). The SMILES string of the molecule is COc1ccc(C2c3sc(=O)n(CC(=O)Nc4ccc(F)cc4)c3SC3C4CC(C5C(=O)N(c6ccc(Cl)cc6)C(=O)C45)C23)cc1. The van der Waals surface area contributed by atoms with E-state index in [1.54, 1.807) is 43.1 Å². The van der Waals surface area contributed by atoms with Gasteiger partial charge in [0, 0.05) is 26.8 Å². The van der Waals surface area contributed by atoms with Crippen molar-refractivity contribution in [1.29, 1.82) is 0 Å². The number of thiazole rings is 1. The van der Waals surface area contributed by atoms with Crippen molar-refractivity contribution >= 4 is 63.8 Å². The van der Waals surface area contributed by atoms with E-state index in [4.69, 9.17) is 16.3 Å². The van der Waals surface area contributed by atoms with Gasteiger partial charge in [0.15, 0.2) is 0 Å². The normalized spacial score (nSPS) is 27.4. The highest BCUT2D eigenvalue weighted by Crippen LogP contribution is 2.69. The predicted octanol–water partition coefficient (Wildman–Crippen LogP) is 6.03. The third-order valence-corrected chi connectivity index (χ3v) is 13.0. The molecule has 2 aliphatic heterocycles. The molecule has 3 fully saturated rings. The Hall–Kier alpha value is -3.93. The maximum Gasteiger partial charge on any atom is 0.308 e. The largest absolute Gasteiger partial charge is 0.497 e.